The molecule has 0 aromatic rings. The normalized spacial score (nSPS) is 31.9. The number of ether oxygens (including phenoxy) is 1. The molecule has 16 heavy (non-hydrogen) atoms. The zero-order valence-corrected chi connectivity index (χ0v) is 10.7. The van der Waals surface area contributed by atoms with Crippen molar-refractivity contribution in [2.45, 2.75) is 44.7 Å². The Labute approximate surface area is 99.5 Å². The summed E-state index contributed by atoms with van der Waals surface area (Å²) >= 11 is 0. The maximum absolute atomic E-state index is 5.16. The van der Waals surface area contributed by atoms with Crippen LogP contribution in [0.25, 0.3) is 0 Å². The lowest BCUT2D eigenvalue weighted by atomic mass is 10.0. The van der Waals surface area contributed by atoms with E-state index in [1.54, 1.807) is 7.11 Å². The molecule has 2 fully saturated rings. The number of methoxy groups -OCH3 is 1. The van der Waals surface area contributed by atoms with Crippen molar-refractivity contribution >= 4 is 0 Å². The fourth-order valence-electron chi connectivity index (χ4n) is 2.79. The Balaban J connectivity index is 1.81. The predicted octanol–water partition coefficient (Wildman–Crippen LogP) is 1.49. The smallest absolute Gasteiger partial charge is 0.0474 e. The van der Waals surface area contributed by atoms with E-state index in [1.807, 2.05) is 0 Å². The zero-order chi connectivity index (χ0) is 11.4. The van der Waals surface area contributed by atoms with Crippen LogP contribution in [-0.2, 0) is 4.74 Å². The van der Waals surface area contributed by atoms with Crippen molar-refractivity contribution in [3.8, 4) is 0 Å². The van der Waals surface area contributed by atoms with Crippen molar-refractivity contribution in [2.24, 2.45) is 5.92 Å². The minimum Gasteiger partial charge on any atom is -0.385 e. The van der Waals surface area contributed by atoms with Crippen LogP contribution in [0.2, 0.25) is 0 Å². The van der Waals surface area contributed by atoms with Crippen molar-refractivity contribution in [1.82, 2.24) is 10.2 Å². The third kappa shape index (κ3) is 3.19. The molecule has 3 heteroatoms. The highest BCUT2D eigenvalue weighted by Gasteiger charge is 2.37. The van der Waals surface area contributed by atoms with Gasteiger partial charge in [-0.3, -0.25) is 4.90 Å². The third-order valence-corrected chi connectivity index (χ3v) is 3.99. The van der Waals surface area contributed by atoms with E-state index in [4.69, 9.17) is 4.74 Å². The highest BCUT2D eigenvalue weighted by atomic mass is 16.5. The van der Waals surface area contributed by atoms with Gasteiger partial charge in [-0.1, -0.05) is 6.92 Å². The predicted molar refractivity (Wildman–Crippen MR) is 66.7 cm³/mol. The summed E-state index contributed by atoms with van der Waals surface area (Å²) in [5.41, 5.74) is 0. The molecule has 0 bridgehead atoms. The Morgan fingerprint density at radius 1 is 1.38 bits per heavy atom. The Kier molecular flexibility index (Phi) is 4.62. The topological polar surface area (TPSA) is 24.5 Å². The first-order valence-corrected chi connectivity index (χ1v) is 6.81. The average molecular weight is 226 g/mol. The van der Waals surface area contributed by atoms with Gasteiger partial charge in [0.2, 0.25) is 0 Å². The molecular formula is C13H26N2O. The average Bonchev–Trinajstić information content (AvgIpc) is 3.13. The molecule has 0 aromatic heterocycles. The van der Waals surface area contributed by atoms with Gasteiger partial charge in [-0.2, -0.15) is 0 Å². The molecule has 1 saturated carbocycles. The van der Waals surface area contributed by atoms with Crippen molar-refractivity contribution in [3.63, 3.8) is 0 Å². The highest BCUT2D eigenvalue weighted by molar-refractivity contribution is 4.94. The van der Waals surface area contributed by atoms with Crippen LogP contribution in [0.4, 0.5) is 0 Å². The molecule has 3 nitrogen and oxygen atoms in total. The minimum absolute atomic E-state index is 0.706. The number of nitrogens with zero attached hydrogens (tertiary/aromatic N) is 1. The van der Waals surface area contributed by atoms with E-state index in [1.165, 1.54) is 45.3 Å². The molecule has 1 aliphatic heterocycles. The van der Waals surface area contributed by atoms with Crippen LogP contribution < -0.4 is 5.32 Å². The van der Waals surface area contributed by atoms with E-state index in [2.05, 4.69) is 17.1 Å². The van der Waals surface area contributed by atoms with E-state index in [9.17, 15) is 0 Å². The highest BCUT2D eigenvalue weighted by Crippen LogP contribution is 2.36. The van der Waals surface area contributed by atoms with Gasteiger partial charge in [-0.15, -0.1) is 0 Å². The number of nitrogens with one attached hydrogen (secondary N) is 1. The second-order valence-corrected chi connectivity index (χ2v) is 5.26. The Bertz CT molecular complexity index is 206. The molecule has 0 spiro atoms. The molecule has 2 unspecified atom stereocenters. The lowest BCUT2D eigenvalue weighted by molar-refractivity contribution is 0.0972. The lowest BCUT2D eigenvalue weighted by Gasteiger charge is -2.40. The number of hydrogen-bond donors (Lipinski definition) is 1. The van der Waals surface area contributed by atoms with E-state index in [-0.39, 0.29) is 0 Å². The Hall–Kier alpha value is -0.120. The summed E-state index contributed by atoms with van der Waals surface area (Å²) in [7, 11) is 1.80. The van der Waals surface area contributed by atoms with E-state index in [0.29, 0.717) is 6.04 Å². The first-order valence-electron chi connectivity index (χ1n) is 6.81. The van der Waals surface area contributed by atoms with Gasteiger partial charge >= 0.3 is 0 Å². The molecule has 94 valence electrons. The maximum atomic E-state index is 5.16. The fraction of sp³-hybridized carbons (Fsp3) is 1.00. The second kappa shape index (κ2) is 5.99. The first kappa shape index (κ1) is 12.3. The largest absolute Gasteiger partial charge is 0.385 e. The molecule has 0 amide bonds. The van der Waals surface area contributed by atoms with Gasteiger partial charge in [0, 0.05) is 45.4 Å². The van der Waals surface area contributed by atoms with Crippen molar-refractivity contribution < 1.29 is 4.74 Å². The number of hydrogen-bond acceptors (Lipinski definition) is 3. The molecule has 1 aliphatic carbocycles. The molecule has 1 heterocycles. The minimum atomic E-state index is 0.706. The van der Waals surface area contributed by atoms with Gasteiger partial charge in [-0.25, -0.2) is 0 Å². The molecule has 2 aliphatic rings. The summed E-state index contributed by atoms with van der Waals surface area (Å²) in [6, 6.07) is 1.51. The second-order valence-electron chi connectivity index (χ2n) is 5.26. The molecule has 1 saturated heterocycles. The van der Waals surface area contributed by atoms with Crippen molar-refractivity contribution in [1.29, 1.82) is 0 Å². The number of rotatable bonds is 6. The molecular weight excluding hydrogens is 200 g/mol. The summed E-state index contributed by atoms with van der Waals surface area (Å²) in [5.74, 6) is 0.979. The van der Waals surface area contributed by atoms with Crippen LogP contribution >= 0.6 is 0 Å². The van der Waals surface area contributed by atoms with Gasteiger partial charge in [-0.05, 0) is 31.6 Å². The Morgan fingerprint density at radius 3 is 2.81 bits per heavy atom. The quantitative estimate of drug-likeness (QED) is 0.694. The monoisotopic (exact) mass is 226 g/mol. The zero-order valence-electron chi connectivity index (χ0n) is 10.7. The van der Waals surface area contributed by atoms with E-state index >= 15 is 0 Å². The van der Waals surface area contributed by atoms with Crippen LogP contribution in [0.5, 0.6) is 0 Å². The van der Waals surface area contributed by atoms with Gasteiger partial charge in [0.15, 0.2) is 0 Å². The summed E-state index contributed by atoms with van der Waals surface area (Å²) in [5, 5.41) is 3.69. The van der Waals surface area contributed by atoms with Gasteiger partial charge in [0.1, 0.15) is 0 Å². The van der Waals surface area contributed by atoms with Crippen LogP contribution in [0, 0.1) is 5.92 Å². The summed E-state index contributed by atoms with van der Waals surface area (Å²) in [6.45, 7) is 6.84. The van der Waals surface area contributed by atoms with E-state index in [0.717, 1.165) is 18.6 Å². The van der Waals surface area contributed by atoms with Crippen LogP contribution in [0.3, 0.4) is 0 Å². The lowest BCUT2D eigenvalue weighted by Crippen LogP contribution is -2.57. The first-order chi connectivity index (χ1) is 7.85. The van der Waals surface area contributed by atoms with Crippen LogP contribution in [0.15, 0.2) is 0 Å². The van der Waals surface area contributed by atoms with Gasteiger partial charge in [0.25, 0.3) is 0 Å². The fourth-order valence-corrected chi connectivity index (χ4v) is 2.79. The third-order valence-electron chi connectivity index (χ3n) is 3.99. The maximum Gasteiger partial charge on any atom is 0.0474 e. The van der Waals surface area contributed by atoms with Crippen molar-refractivity contribution in [3.05, 3.63) is 0 Å². The Morgan fingerprint density at radius 2 is 2.19 bits per heavy atom. The molecule has 1 N–H and O–H groups in total. The van der Waals surface area contributed by atoms with Crippen LogP contribution in [-0.4, -0.2) is 50.3 Å². The van der Waals surface area contributed by atoms with Crippen molar-refractivity contribution in [2.75, 3.05) is 33.4 Å². The van der Waals surface area contributed by atoms with E-state index < -0.39 is 0 Å². The number of piperazine rings is 1. The summed E-state index contributed by atoms with van der Waals surface area (Å²) in [4.78, 5) is 2.71. The standard InChI is InChI=1S/C13H26N2O/c1-3-12-10-15(7-4-8-16-2)13(9-14-12)11-5-6-11/h11-14H,3-10H2,1-2H3. The molecule has 2 atom stereocenters. The summed E-state index contributed by atoms with van der Waals surface area (Å²) < 4.78 is 5.16. The van der Waals surface area contributed by atoms with Crippen LogP contribution in [0.1, 0.15) is 32.6 Å². The van der Waals surface area contributed by atoms with Gasteiger partial charge < -0.3 is 10.1 Å². The molecule has 0 aromatic carbocycles. The molecule has 0 radical (unpaired) electrons. The molecule has 2 rings (SSSR count). The SMILES string of the molecule is CCC1CN(CCCOC)C(C2CC2)CN1. The van der Waals surface area contributed by atoms with Gasteiger partial charge in [0.05, 0.1) is 0 Å². The summed E-state index contributed by atoms with van der Waals surface area (Å²) in [6.07, 6.45) is 5.32.